The van der Waals surface area contributed by atoms with E-state index >= 15 is 0 Å². The van der Waals surface area contributed by atoms with Gasteiger partial charge in [0.15, 0.2) is 0 Å². The van der Waals surface area contributed by atoms with Gasteiger partial charge in [0.1, 0.15) is 0 Å². The van der Waals surface area contributed by atoms with Crippen LogP contribution in [0.2, 0.25) is 0 Å². The van der Waals surface area contributed by atoms with Gasteiger partial charge in [-0.3, -0.25) is 0 Å². The fraction of sp³-hybridized carbons (Fsp3) is 0. The van der Waals surface area contributed by atoms with E-state index in [1.807, 2.05) is 0 Å². The Hall–Kier alpha value is 0.560. The van der Waals surface area contributed by atoms with Crippen molar-refractivity contribution >= 4 is 31.1 Å². The van der Waals surface area contributed by atoms with Crippen molar-refractivity contribution in [2.24, 2.45) is 0 Å². The van der Waals surface area contributed by atoms with E-state index in [1.54, 1.807) is 0 Å². The minimum atomic E-state index is -6.12. The fourth-order valence-corrected chi connectivity index (χ4v) is 6.15. The highest BCUT2D eigenvalue weighted by Crippen LogP contribution is 2.76. The summed E-state index contributed by atoms with van der Waals surface area (Å²) in [6.45, 7) is 0. The molecule has 17 heteroatoms. The predicted octanol–water partition coefficient (Wildman–Crippen LogP) is -1.32. The molecule has 0 fully saturated rings. The monoisotopic (exact) mass is 337 g/mol. The second-order valence-electron chi connectivity index (χ2n) is 2.36. The van der Waals surface area contributed by atoms with E-state index in [0.29, 0.717) is 0 Å². The number of phosphoric acid groups is 1. The molecule has 0 aromatic heterocycles. The number of rotatable bonds is 5. The molecule has 0 aliphatic rings. The highest BCUT2D eigenvalue weighted by atomic mass is 31.3. The molecule has 0 heterocycles. The standard InChI is InChI=1S/H7NO12P4/c2-14(3,4)1(15(5,6)7)16(8,9)13-17(10,11)12/h(H,8,9)(H2,2,3,4)(H2,5,6,7)(H2,10,11,12). The van der Waals surface area contributed by atoms with Crippen LogP contribution in [0.25, 0.3) is 0 Å². The van der Waals surface area contributed by atoms with Crippen molar-refractivity contribution in [3.63, 3.8) is 0 Å². The Balaban J connectivity index is 5.67. The molecular weight excluding hydrogens is 330 g/mol. The summed E-state index contributed by atoms with van der Waals surface area (Å²) in [6, 6.07) is 0. The minimum Gasteiger partial charge on any atom is -0.312 e. The maximum atomic E-state index is 11.0. The summed E-state index contributed by atoms with van der Waals surface area (Å²) in [7, 11) is -23.9. The number of nitrogens with zero attached hydrogens (tertiary/aromatic N) is 1. The van der Waals surface area contributed by atoms with Gasteiger partial charge in [0, 0.05) is 0 Å². The van der Waals surface area contributed by atoms with Crippen molar-refractivity contribution in [1.29, 1.82) is 0 Å². The largest absolute Gasteiger partial charge is 0.477 e. The molecule has 0 aliphatic heterocycles. The van der Waals surface area contributed by atoms with Crippen molar-refractivity contribution in [2.45, 2.75) is 0 Å². The first-order chi connectivity index (χ1) is 7.07. The maximum absolute atomic E-state index is 11.0. The van der Waals surface area contributed by atoms with Gasteiger partial charge in [0.25, 0.3) is 0 Å². The Morgan fingerprint density at radius 1 is 0.706 bits per heavy atom. The lowest BCUT2D eigenvalue weighted by molar-refractivity contribution is 0.239. The predicted molar refractivity (Wildman–Crippen MR) is 48.9 cm³/mol. The van der Waals surface area contributed by atoms with Gasteiger partial charge in [0.05, 0.1) is 0 Å². The molecule has 0 aliphatic carbocycles. The van der Waals surface area contributed by atoms with Crippen LogP contribution in [0.1, 0.15) is 0 Å². The SMILES string of the molecule is O=P(O)(O)OP(=O)(O)N(P(=O)(O)O)P(=O)(O)O. The molecule has 0 aromatic rings. The third-order valence-electron chi connectivity index (χ3n) is 0.905. The van der Waals surface area contributed by atoms with Crippen molar-refractivity contribution < 1.29 is 56.8 Å². The zero-order valence-electron chi connectivity index (χ0n) is 7.41. The first kappa shape index (κ1) is 17.6. The molecule has 1 unspecified atom stereocenters. The Morgan fingerprint density at radius 3 is 1.18 bits per heavy atom. The van der Waals surface area contributed by atoms with Crippen molar-refractivity contribution in [1.82, 2.24) is 4.21 Å². The highest BCUT2D eigenvalue weighted by molar-refractivity contribution is 7.81. The molecule has 0 saturated heterocycles. The van der Waals surface area contributed by atoms with E-state index in [-0.39, 0.29) is 0 Å². The summed E-state index contributed by atoms with van der Waals surface area (Å²) in [6.07, 6.45) is 0. The molecule has 0 radical (unpaired) electrons. The molecule has 104 valence electrons. The second-order valence-corrected chi connectivity index (χ2v) is 9.17. The van der Waals surface area contributed by atoms with Crippen LogP contribution in [-0.2, 0) is 22.6 Å². The summed E-state index contributed by atoms with van der Waals surface area (Å²) in [5.41, 5.74) is 0. The lowest BCUT2D eigenvalue weighted by atomic mass is 13.8. The Bertz CT molecular complexity index is 435. The zero-order valence-corrected chi connectivity index (χ0v) is 11.0. The Morgan fingerprint density at radius 2 is 1.00 bits per heavy atom. The van der Waals surface area contributed by atoms with Gasteiger partial charge in [-0.15, -0.1) is 0 Å². The van der Waals surface area contributed by atoms with Crippen LogP contribution in [0.15, 0.2) is 0 Å². The van der Waals surface area contributed by atoms with E-state index in [4.69, 9.17) is 34.3 Å². The number of hydrogen-bond acceptors (Lipinski definition) is 5. The van der Waals surface area contributed by atoms with Crippen LogP contribution in [0.3, 0.4) is 0 Å². The molecule has 13 nitrogen and oxygen atoms in total. The molecule has 7 N–H and O–H groups in total. The average molecular weight is 337 g/mol. The summed E-state index contributed by atoms with van der Waals surface area (Å²) in [5, 5.41) is 0. The third kappa shape index (κ3) is 5.82. The molecule has 1 atom stereocenters. The second kappa shape index (κ2) is 4.92. The quantitative estimate of drug-likeness (QED) is 0.289. The van der Waals surface area contributed by atoms with Gasteiger partial charge < -0.3 is 34.3 Å². The van der Waals surface area contributed by atoms with Gasteiger partial charge in [0.2, 0.25) is 0 Å². The Kier molecular flexibility index (Phi) is 5.08. The summed E-state index contributed by atoms with van der Waals surface area (Å²) in [5.74, 6) is 0. The van der Waals surface area contributed by atoms with Crippen LogP contribution in [0.5, 0.6) is 0 Å². The van der Waals surface area contributed by atoms with Crippen molar-refractivity contribution in [2.75, 3.05) is 0 Å². The molecule has 0 rings (SSSR count). The molecule has 0 spiro atoms. The fourth-order valence-electron chi connectivity index (χ4n) is 0.617. The van der Waals surface area contributed by atoms with E-state index in [0.717, 1.165) is 0 Å². The summed E-state index contributed by atoms with van der Waals surface area (Å²) < 4.78 is 43.8. The highest BCUT2D eigenvalue weighted by Gasteiger charge is 2.55. The molecular formula is H7NO12P4. The van der Waals surface area contributed by atoms with Gasteiger partial charge in [-0.1, -0.05) is 0 Å². The van der Waals surface area contributed by atoms with Crippen molar-refractivity contribution in [3.05, 3.63) is 0 Å². The lowest BCUT2D eigenvalue weighted by Crippen LogP contribution is -2.15. The smallest absolute Gasteiger partial charge is 0.312 e. The minimum absolute atomic E-state index is 1.61. The third-order valence-corrected chi connectivity index (χ3v) is 8.14. The van der Waals surface area contributed by atoms with Gasteiger partial charge >= 0.3 is 31.1 Å². The van der Waals surface area contributed by atoms with Gasteiger partial charge in [-0.05, 0) is 4.21 Å². The zero-order chi connectivity index (χ0) is 14.3. The van der Waals surface area contributed by atoms with Crippen LogP contribution in [0.4, 0.5) is 0 Å². The topological polar surface area (TPSA) is 222 Å². The summed E-state index contributed by atoms with van der Waals surface area (Å²) in [4.78, 5) is 58.8. The van der Waals surface area contributed by atoms with E-state index in [1.165, 1.54) is 0 Å². The van der Waals surface area contributed by atoms with Crippen molar-refractivity contribution in [3.8, 4) is 0 Å². The lowest BCUT2D eigenvalue weighted by Gasteiger charge is -2.26. The molecule has 17 heavy (non-hydrogen) atoms. The van der Waals surface area contributed by atoms with Gasteiger partial charge in [-0.2, -0.15) is 4.31 Å². The van der Waals surface area contributed by atoms with Crippen LogP contribution in [0, 0.1) is 0 Å². The van der Waals surface area contributed by atoms with Crippen LogP contribution < -0.4 is 0 Å². The first-order valence-electron chi connectivity index (χ1n) is 3.10. The first-order valence-corrected chi connectivity index (χ1v) is 9.29. The summed E-state index contributed by atoms with van der Waals surface area (Å²) >= 11 is 0. The van der Waals surface area contributed by atoms with Crippen LogP contribution >= 0.6 is 31.1 Å². The molecule has 0 amide bonds. The van der Waals surface area contributed by atoms with Crippen LogP contribution in [-0.4, -0.2) is 38.5 Å². The maximum Gasteiger partial charge on any atom is 0.477 e. The van der Waals surface area contributed by atoms with E-state index in [9.17, 15) is 18.3 Å². The van der Waals surface area contributed by atoms with E-state index < -0.39 is 35.3 Å². The number of hydrogen-bond donors (Lipinski definition) is 7. The average Bonchev–Trinajstić information content (AvgIpc) is 1.66. The molecule has 0 saturated carbocycles. The molecule has 0 bridgehead atoms. The normalized spacial score (nSPS) is 18.1. The van der Waals surface area contributed by atoms with Gasteiger partial charge in [-0.25, -0.2) is 18.3 Å². The molecule has 0 aromatic carbocycles. The van der Waals surface area contributed by atoms with E-state index in [2.05, 4.69) is 4.31 Å². The Labute approximate surface area is 92.9 Å².